The van der Waals surface area contributed by atoms with Crippen LogP contribution in [-0.2, 0) is 22.6 Å². The zero-order valence-corrected chi connectivity index (χ0v) is 18.4. The van der Waals surface area contributed by atoms with Crippen molar-refractivity contribution in [2.75, 3.05) is 23.4 Å². The molecule has 4 rings (SSSR count). The molecule has 7 heteroatoms. The molecule has 0 saturated carbocycles. The monoisotopic (exact) mass is 450 g/mol. The number of benzene rings is 3. The number of aryl methyl sites for hydroxylation is 1. The molecule has 0 aliphatic carbocycles. The van der Waals surface area contributed by atoms with E-state index in [0.29, 0.717) is 34.4 Å². The largest absolute Gasteiger partial charge is 0.484 e. The Bertz CT molecular complexity index is 1130. The molecular formula is C25H23ClN2O4. The number of hydrogen-bond donors (Lipinski definition) is 1. The predicted molar refractivity (Wildman–Crippen MR) is 125 cm³/mol. The first-order chi connectivity index (χ1) is 15.5. The summed E-state index contributed by atoms with van der Waals surface area (Å²) >= 11 is 6.28. The van der Waals surface area contributed by atoms with Crippen LogP contribution in [0.1, 0.15) is 18.1 Å². The van der Waals surface area contributed by atoms with Gasteiger partial charge in [-0.2, -0.15) is 0 Å². The van der Waals surface area contributed by atoms with Crippen LogP contribution in [0.15, 0.2) is 66.7 Å². The molecule has 1 aliphatic rings. The van der Waals surface area contributed by atoms with Crippen LogP contribution in [0.25, 0.3) is 0 Å². The fraction of sp³-hybridized carbons (Fsp3) is 0.200. The van der Waals surface area contributed by atoms with Crippen molar-refractivity contribution >= 4 is 34.8 Å². The number of nitrogens with zero attached hydrogens (tertiary/aromatic N) is 1. The second-order valence-corrected chi connectivity index (χ2v) is 7.78. The predicted octanol–water partition coefficient (Wildman–Crippen LogP) is 4.85. The van der Waals surface area contributed by atoms with Crippen molar-refractivity contribution in [2.45, 2.75) is 19.9 Å². The minimum atomic E-state index is -0.301. The van der Waals surface area contributed by atoms with Crippen LogP contribution in [0.3, 0.4) is 0 Å². The molecule has 1 heterocycles. The van der Waals surface area contributed by atoms with Crippen molar-refractivity contribution in [2.24, 2.45) is 0 Å². The van der Waals surface area contributed by atoms with Gasteiger partial charge in [0.05, 0.1) is 12.2 Å². The van der Waals surface area contributed by atoms with E-state index in [1.807, 2.05) is 42.5 Å². The first kappa shape index (κ1) is 21.7. The molecule has 32 heavy (non-hydrogen) atoms. The van der Waals surface area contributed by atoms with Crippen LogP contribution in [0.4, 0.5) is 11.4 Å². The Hall–Kier alpha value is -3.51. The maximum absolute atomic E-state index is 12.6. The van der Waals surface area contributed by atoms with Crippen molar-refractivity contribution in [3.05, 3.63) is 82.9 Å². The van der Waals surface area contributed by atoms with Crippen LogP contribution < -0.4 is 19.7 Å². The van der Waals surface area contributed by atoms with Crippen LogP contribution in [-0.4, -0.2) is 25.0 Å². The number of anilines is 2. The Morgan fingerprint density at radius 2 is 1.91 bits per heavy atom. The highest BCUT2D eigenvalue weighted by atomic mass is 35.5. The highest BCUT2D eigenvalue weighted by molar-refractivity contribution is 6.31. The van der Waals surface area contributed by atoms with Crippen LogP contribution in [0, 0.1) is 0 Å². The van der Waals surface area contributed by atoms with E-state index in [0.717, 1.165) is 12.0 Å². The van der Waals surface area contributed by atoms with E-state index in [-0.39, 0.29) is 25.0 Å². The van der Waals surface area contributed by atoms with Crippen molar-refractivity contribution in [1.82, 2.24) is 0 Å². The van der Waals surface area contributed by atoms with Gasteiger partial charge in [0.25, 0.3) is 11.8 Å². The summed E-state index contributed by atoms with van der Waals surface area (Å²) in [6.07, 6.45) is 0.943. The number of amides is 2. The van der Waals surface area contributed by atoms with Gasteiger partial charge in [-0.3, -0.25) is 9.59 Å². The van der Waals surface area contributed by atoms with E-state index >= 15 is 0 Å². The Morgan fingerprint density at radius 1 is 1.12 bits per heavy atom. The lowest BCUT2D eigenvalue weighted by atomic mass is 10.1. The van der Waals surface area contributed by atoms with Gasteiger partial charge in [0, 0.05) is 10.7 Å². The van der Waals surface area contributed by atoms with Gasteiger partial charge < -0.3 is 19.7 Å². The first-order valence-electron chi connectivity index (χ1n) is 10.4. The molecule has 1 aliphatic heterocycles. The second-order valence-electron chi connectivity index (χ2n) is 7.38. The maximum Gasteiger partial charge on any atom is 0.265 e. The van der Waals surface area contributed by atoms with E-state index in [2.05, 4.69) is 12.2 Å². The summed E-state index contributed by atoms with van der Waals surface area (Å²) in [5, 5.41) is 3.40. The fourth-order valence-electron chi connectivity index (χ4n) is 3.42. The summed E-state index contributed by atoms with van der Waals surface area (Å²) in [6, 6.07) is 20.2. The van der Waals surface area contributed by atoms with E-state index < -0.39 is 0 Å². The molecule has 0 aromatic heterocycles. The third-order valence-corrected chi connectivity index (χ3v) is 5.54. The highest BCUT2D eigenvalue weighted by Gasteiger charge is 2.26. The third-order valence-electron chi connectivity index (χ3n) is 5.17. The van der Waals surface area contributed by atoms with Gasteiger partial charge in [0.2, 0.25) is 0 Å². The minimum absolute atomic E-state index is 0.0478. The quantitative estimate of drug-likeness (QED) is 0.559. The molecule has 1 N–H and O–H groups in total. The number of halogens is 1. The number of carbonyl (C=O) groups is 2. The van der Waals surface area contributed by atoms with E-state index in [9.17, 15) is 9.59 Å². The molecule has 0 fully saturated rings. The lowest BCUT2D eigenvalue weighted by Crippen LogP contribution is -2.38. The van der Waals surface area contributed by atoms with Gasteiger partial charge in [-0.25, -0.2) is 0 Å². The molecule has 0 spiro atoms. The van der Waals surface area contributed by atoms with Gasteiger partial charge in [0.15, 0.2) is 13.2 Å². The smallest absolute Gasteiger partial charge is 0.265 e. The lowest BCUT2D eigenvalue weighted by molar-refractivity contribution is -0.121. The molecule has 0 atom stereocenters. The number of ether oxygens (including phenoxy) is 2. The molecule has 0 saturated heterocycles. The second kappa shape index (κ2) is 9.75. The van der Waals surface area contributed by atoms with Crippen LogP contribution >= 0.6 is 11.6 Å². The minimum Gasteiger partial charge on any atom is -0.484 e. The molecule has 164 valence electrons. The van der Waals surface area contributed by atoms with E-state index in [4.69, 9.17) is 21.1 Å². The molecular weight excluding hydrogens is 428 g/mol. The summed E-state index contributed by atoms with van der Waals surface area (Å²) in [4.78, 5) is 26.6. The lowest BCUT2D eigenvalue weighted by Gasteiger charge is -2.30. The summed E-state index contributed by atoms with van der Waals surface area (Å²) in [6.45, 7) is 2.22. The summed E-state index contributed by atoms with van der Waals surface area (Å²) in [5.41, 5.74) is 3.15. The van der Waals surface area contributed by atoms with Gasteiger partial charge in [-0.1, -0.05) is 48.9 Å². The topological polar surface area (TPSA) is 67.9 Å². The molecule has 0 bridgehead atoms. The van der Waals surface area contributed by atoms with Gasteiger partial charge in [-0.15, -0.1) is 0 Å². The average Bonchev–Trinajstić information content (AvgIpc) is 2.81. The van der Waals surface area contributed by atoms with E-state index in [1.54, 1.807) is 29.2 Å². The molecule has 0 unspecified atom stereocenters. The van der Waals surface area contributed by atoms with Crippen molar-refractivity contribution < 1.29 is 19.1 Å². The van der Waals surface area contributed by atoms with Crippen molar-refractivity contribution in [1.29, 1.82) is 0 Å². The Morgan fingerprint density at radius 3 is 2.66 bits per heavy atom. The number of rotatable bonds is 7. The Balaban J connectivity index is 1.45. The highest BCUT2D eigenvalue weighted by Crippen LogP contribution is 2.36. The summed E-state index contributed by atoms with van der Waals surface area (Å²) in [7, 11) is 0. The summed E-state index contributed by atoms with van der Waals surface area (Å²) in [5.74, 6) is 0.722. The zero-order valence-electron chi connectivity index (χ0n) is 17.6. The van der Waals surface area contributed by atoms with Gasteiger partial charge in [-0.05, 0) is 53.9 Å². The number of hydrogen-bond acceptors (Lipinski definition) is 4. The SMILES string of the molecule is CCc1ccc(OCC(=O)Nc2ccc3c(c2)N(Cc2ccccc2Cl)C(=O)CO3)cc1. The summed E-state index contributed by atoms with van der Waals surface area (Å²) < 4.78 is 11.1. The normalized spacial score (nSPS) is 12.7. The number of nitrogens with one attached hydrogen (secondary N) is 1. The van der Waals surface area contributed by atoms with Gasteiger partial charge in [0.1, 0.15) is 11.5 Å². The zero-order chi connectivity index (χ0) is 22.5. The Kier molecular flexibility index (Phi) is 6.61. The van der Waals surface area contributed by atoms with Gasteiger partial charge >= 0.3 is 0 Å². The Labute approximate surface area is 191 Å². The number of carbonyl (C=O) groups excluding carboxylic acids is 2. The number of fused-ring (bicyclic) bond motifs is 1. The fourth-order valence-corrected chi connectivity index (χ4v) is 3.61. The molecule has 0 radical (unpaired) electrons. The average molecular weight is 451 g/mol. The van der Waals surface area contributed by atoms with Crippen molar-refractivity contribution in [3.8, 4) is 11.5 Å². The third kappa shape index (κ3) is 5.03. The standard InChI is InChI=1S/C25H23ClN2O4/c1-2-17-7-10-20(11-8-17)31-15-24(29)27-19-9-12-23-22(13-19)28(25(30)16-32-23)14-18-5-3-4-6-21(18)26/h3-13H,2,14-16H2,1H3,(H,27,29). The van der Waals surface area contributed by atoms with Crippen molar-refractivity contribution in [3.63, 3.8) is 0 Å². The molecule has 2 amide bonds. The molecule has 3 aromatic rings. The van der Waals surface area contributed by atoms with Crippen LogP contribution in [0.5, 0.6) is 11.5 Å². The first-order valence-corrected chi connectivity index (χ1v) is 10.7. The molecule has 3 aromatic carbocycles. The molecule has 6 nitrogen and oxygen atoms in total. The van der Waals surface area contributed by atoms with Crippen LogP contribution in [0.2, 0.25) is 5.02 Å². The maximum atomic E-state index is 12.6. The van der Waals surface area contributed by atoms with E-state index in [1.165, 1.54) is 5.56 Å².